The third-order valence-corrected chi connectivity index (χ3v) is 4.06. The molecule has 0 amide bonds. The Morgan fingerprint density at radius 1 is 0.857 bits per heavy atom. The second-order valence-electron chi connectivity index (χ2n) is 4.79. The molecule has 0 radical (unpaired) electrons. The van der Waals surface area contributed by atoms with Gasteiger partial charge in [-0.15, -0.1) is 11.6 Å². The zero-order chi connectivity index (χ0) is 14.8. The van der Waals surface area contributed by atoms with Gasteiger partial charge in [0.15, 0.2) is 0 Å². The number of ether oxygens (including phenoxy) is 1. The number of hydrogen-bond acceptors (Lipinski definition) is 1. The van der Waals surface area contributed by atoms with Gasteiger partial charge in [-0.25, -0.2) is 4.39 Å². The monoisotopic (exact) mass is 300 g/mol. The van der Waals surface area contributed by atoms with E-state index in [0.717, 1.165) is 22.3 Å². The van der Waals surface area contributed by atoms with E-state index in [1.54, 1.807) is 19.2 Å². The quantitative estimate of drug-likeness (QED) is 0.595. The standard InChI is InChI=1S/C18H14ClFO/c1-21-17-9-5-4-8-15(17)18(19)14-10-11-16(20)13-7-3-2-6-12(13)14/h2-11,18H,1H3. The molecule has 0 aliphatic rings. The summed E-state index contributed by atoms with van der Waals surface area (Å²) in [6, 6.07) is 18.2. The Labute approximate surface area is 127 Å². The van der Waals surface area contributed by atoms with Crippen LogP contribution in [-0.4, -0.2) is 7.11 Å². The molecule has 3 rings (SSSR count). The van der Waals surface area contributed by atoms with Gasteiger partial charge in [-0.2, -0.15) is 0 Å². The molecule has 1 unspecified atom stereocenters. The molecular formula is C18H14ClFO. The van der Waals surface area contributed by atoms with Gasteiger partial charge in [-0.05, 0) is 23.1 Å². The van der Waals surface area contributed by atoms with E-state index in [-0.39, 0.29) is 5.82 Å². The molecular weight excluding hydrogens is 287 g/mol. The van der Waals surface area contributed by atoms with Crippen molar-refractivity contribution in [2.45, 2.75) is 5.38 Å². The summed E-state index contributed by atoms with van der Waals surface area (Å²) in [7, 11) is 1.62. The number of alkyl halides is 1. The van der Waals surface area contributed by atoms with Crippen molar-refractivity contribution in [1.29, 1.82) is 0 Å². The van der Waals surface area contributed by atoms with Crippen molar-refractivity contribution < 1.29 is 9.13 Å². The lowest BCUT2D eigenvalue weighted by atomic mass is 9.97. The smallest absolute Gasteiger partial charge is 0.131 e. The first-order valence-corrected chi connectivity index (χ1v) is 7.10. The number of fused-ring (bicyclic) bond motifs is 1. The molecule has 3 aromatic carbocycles. The van der Waals surface area contributed by atoms with Gasteiger partial charge in [0.05, 0.1) is 12.5 Å². The summed E-state index contributed by atoms with van der Waals surface area (Å²) in [4.78, 5) is 0. The number of methoxy groups -OCH3 is 1. The van der Waals surface area contributed by atoms with E-state index in [9.17, 15) is 4.39 Å². The highest BCUT2D eigenvalue weighted by Gasteiger charge is 2.18. The van der Waals surface area contributed by atoms with Crippen LogP contribution in [0.25, 0.3) is 10.8 Å². The van der Waals surface area contributed by atoms with Crippen molar-refractivity contribution in [3.63, 3.8) is 0 Å². The number of rotatable bonds is 3. The Balaban J connectivity index is 2.18. The van der Waals surface area contributed by atoms with E-state index < -0.39 is 5.38 Å². The molecule has 21 heavy (non-hydrogen) atoms. The summed E-state index contributed by atoms with van der Waals surface area (Å²) < 4.78 is 19.3. The van der Waals surface area contributed by atoms with Crippen molar-refractivity contribution in [1.82, 2.24) is 0 Å². The van der Waals surface area contributed by atoms with Crippen molar-refractivity contribution in [3.8, 4) is 5.75 Å². The fourth-order valence-corrected chi connectivity index (χ4v) is 2.92. The minimum Gasteiger partial charge on any atom is -0.496 e. The summed E-state index contributed by atoms with van der Waals surface area (Å²) in [5, 5.41) is 1.01. The highest BCUT2D eigenvalue weighted by atomic mass is 35.5. The molecule has 0 aliphatic heterocycles. The molecule has 0 aliphatic carbocycles. The van der Waals surface area contributed by atoms with E-state index in [4.69, 9.17) is 16.3 Å². The van der Waals surface area contributed by atoms with E-state index in [0.29, 0.717) is 5.39 Å². The van der Waals surface area contributed by atoms with Crippen LogP contribution >= 0.6 is 11.6 Å². The average Bonchev–Trinajstić information content (AvgIpc) is 2.55. The van der Waals surface area contributed by atoms with Crippen molar-refractivity contribution in [3.05, 3.63) is 77.6 Å². The van der Waals surface area contributed by atoms with Crippen molar-refractivity contribution in [2.24, 2.45) is 0 Å². The van der Waals surface area contributed by atoms with Crippen molar-refractivity contribution in [2.75, 3.05) is 7.11 Å². The average molecular weight is 301 g/mol. The minimum absolute atomic E-state index is 0.238. The summed E-state index contributed by atoms with van der Waals surface area (Å²) in [6.45, 7) is 0. The molecule has 1 nitrogen and oxygen atoms in total. The van der Waals surface area contributed by atoms with Gasteiger partial charge >= 0.3 is 0 Å². The zero-order valence-electron chi connectivity index (χ0n) is 11.5. The van der Waals surface area contributed by atoms with E-state index >= 15 is 0 Å². The maximum Gasteiger partial charge on any atom is 0.131 e. The summed E-state index contributed by atoms with van der Waals surface area (Å²) >= 11 is 6.64. The first-order chi connectivity index (χ1) is 10.2. The van der Waals surface area contributed by atoms with Gasteiger partial charge in [-0.3, -0.25) is 0 Å². The van der Waals surface area contributed by atoms with Crippen LogP contribution in [-0.2, 0) is 0 Å². The third kappa shape index (κ3) is 2.47. The maximum absolute atomic E-state index is 13.9. The largest absolute Gasteiger partial charge is 0.496 e. The molecule has 3 aromatic rings. The minimum atomic E-state index is -0.397. The molecule has 0 aromatic heterocycles. The van der Waals surface area contributed by atoms with Gasteiger partial charge in [0.2, 0.25) is 0 Å². The lowest BCUT2D eigenvalue weighted by Gasteiger charge is -2.16. The molecule has 0 heterocycles. The third-order valence-electron chi connectivity index (χ3n) is 3.59. The Morgan fingerprint density at radius 3 is 2.29 bits per heavy atom. The predicted molar refractivity (Wildman–Crippen MR) is 84.6 cm³/mol. The van der Waals surface area contributed by atoms with Gasteiger partial charge < -0.3 is 4.74 Å². The van der Waals surface area contributed by atoms with Crippen LogP contribution in [0.15, 0.2) is 60.7 Å². The highest BCUT2D eigenvalue weighted by molar-refractivity contribution is 6.23. The van der Waals surface area contributed by atoms with Crippen LogP contribution in [0.2, 0.25) is 0 Å². The summed E-state index contributed by atoms with van der Waals surface area (Å²) in [5.74, 6) is 0.490. The van der Waals surface area contributed by atoms with E-state index in [1.807, 2.05) is 42.5 Å². The molecule has 0 saturated heterocycles. The number of para-hydroxylation sites is 1. The maximum atomic E-state index is 13.9. The molecule has 1 atom stereocenters. The second kappa shape index (κ2) is 5.74. The highest BCUT2D eigenvalue weighted by Crippen LogP contribution is 2.38. The topological polar surface area (TPSA) is 9.23 Å². The van der Waals surface area contributed by atoms with Crippen LogP contribution in [0.4, 0.5) is 4.39 Å². The molecule has 0 bridgehead atoms. The van der Waals surface area contributed by atoms with Gasteiger partial charge in [-0.1, -0.05) is 48.5 Å². The molecule has 0 fully saturated rings. The summed E-state index contributed by atoms with van der Waals surface area (Å²) in [5.41, 5.74) is 1.75. The van der Waals surface area contributed by atoms with Gasteiger partial charge in [0.25, 0.3) is 0 Å². The molecule has 106 valence electrons. The lowest BCUT2D eigenvalue weighted by molar-refractivity contribution is 0.410. The van der Waals surface area contributed by atoms with Gasteiger partial charge in [0.1, 0.15) is 11.6 Å². The van der Waals surface area contributed by atoms with E-state index in [2.05, 4.69) is 0 Å². The second-order valence-corrected chi connectivity index (χ2v) is 5.22. The van der Waals surface area contributed by atoms with Crippen LogP contribution < -0.4 is 4.74 Å². The molecule has 0 saturated carbocycles. The number of hydrogen-bond donors (Lipinski definition) is 0. The molecule has 0 N–H and O–H groups in total. The Kier molecular flexibility index (Phi) is 3.80. The first-order valence-electron chi connectivity index (χ1n) is 6.66. The number of benzene rings is 3. The molecule has 0 spiro atoms. The SMILES string of the molecule is COc1ccccc1C(Cl)c1ccc(F)c2ccccc12. The lowest BCUT2D eigenvalue weighted by Crippen LogP contribution is -1.99. The normalized spacial score (nSPS) is 12.3. The Bertz CT molecular complexity index is 785. The summed E-state index contributed by atoms with van der Waals surface area (Å²) in [6.07, 6.45) is 0. The fraction of sp³-hybridized carbons (Fsp3) is 0.111. The first kappa shape index (κ1) is 13.9. The van der Waals surface area contributed by atoms with Crippen molar-refractivity contribution >= 4 is 22.4 Å². The van der Waals surface area contributed by atoms with Crippen LogP contribution in [0.1, 0.15) is 16.5 Å². The Morgan fingerprint density at radius 2 is 1.52 bits per heavy atom. The van der Waals surface area contributed by atoms with Gasteiger partial charge in [0, 0.05) is 10.9 Å². The van der Waals surface area contributed by atoms with Crippen LogP contribution in [0, 0.1) is 5.82 Å². The fourth-order valence-electron chi connectivity index (χ4n) is 2.55. The predicted octanol–water partition coefficient (Wildman–Crippen LogP) is 5.32. The van der Waals surface area contributed by atoms with Crippen LogP contribution in [0.3, 0.4) is 0 Å². The van der Waals surface area contributed by atoms with Crippen LogP contribution in [0.5, 0.6) is 5.75 Å². The Hall–Kier alpha value is -2.06. The molecule has 3 heteroatoms. The zero-order valence-corrected chi connectivity index (χ0v) is 12.3. The number of halogens is 2. The van der Waals surface area contributed by atoms with E-state index in [1.165, 1.54) is 6.07 Å².